The number of amides is 3. The van der Waals surface area contributed by atoms with Gasteiger partial charge in [-0.25, -0.2) is 0 Å². The molecule has 7 nitrogen and oxygen atoms in total. The molecule has 0 radical (unpaired) electrons. The van der Waals surface area contributed by atoms with Crippen LogP contribution in [0.25, 0.3) is 6.08 Å². The van der Waals surface area contributed by atoms with Gasteiger partial charge in [0.2, 0.25) is 5.91 Å². The van der Waals surface area contributed by atoms with Crippen molar-refractivity contribution in [2.75, 3.05) is 5.32 Å². The highest BCUT2D eigenvalue weighted by Crippen LogP contribution is 2.10. The van der Waals surface area contributed by atoms with E-state index in [1.54, 1.807) is 43.3 Å². The van der Waals surface area contributed by atoms with Crippen molar-refractivity contribution in [3.05, 3.63) is 59.6 Å². The van der Waals surface area contributed by atoms with E-state index < -0.39 is 11.8 Å². The number of carbonyl (C=O) groups excluding carboxylic acids is 3. The summed E-state index contributed by atoms with van der Waals surface area (Å²) in [6.45, 7) is 3.73. The third kappa shape index (κ3) is 5.94. The minimum atomic E-state index is -0.490. The Bertz CT molecular complexity index is 806. The minimum absolute atomic E-state index is 0.0736. The lowest BCUT2D eigenvalue weighted by atomic mass is 10.2. The van der Waals surface area contributed by atoms with Crippen LogP contribution in [0.3, 0.4) is 0 Å². The van der Waals surface area contributed by atoms with E-state index in [1.165, 1.54) is 12.2 Å². The lowest BCUT2D eigenvalue weighted by molar-refractivity contribution is -0.117. The monoisotopic (exact) mass is 355 g/mol. The van der Waals surface area contributed by atoms with Crippen molar-refractivity contribution in [2.24, 2.45) is 0 Å². The molecule has 0 aliphatic heterocycles. The third-order valence-corrected chi connectivity index (χ3v) is 3.37. The molecule has 0 spiro atoms. The molecule has 2 aromatic rings. The topological polar surface area (TPSA) is 100 Å². The molecule has 0 saturated heterocycles. The van der Waals surface area contributed by atoms with Crippen molar-refractivity contribution in [1.29, 1.82) is 0 Å². The molecular formula is C19H21N3O4. The molecule has 1 aromatic carbocycles. The minimum Gasteiger partial charge on any atom is -0.462 e. The lowest BCUT2D eigenvalue weighted by Gasteiger charge is -2.07. The number of hydrogen-bond donors (Lipinski definition) is 3. The van der Waals surface area contributed by atoms with E-state index in [9.17, 15) is 14.4 Å². The second-order valence-corrected chi connectivity index (χ2v) is 5.60. The average Bonchev–Trinajstić information content (AvgIpc) is 3.04. The maximum atomic E-state index is 12.0. The van der Waals surface area contributed by atoms with Crippen molar-refractivity contribution in [3.8, 4) is 0 Å². The van der Waals surface area contributed by atoms with Gasteiger partial charge in [0.1, 0.15) is 11.5 Å². The molecule has 1 heterocycles. The van der Waals surface area contributed by atoms with Gasteiger partial charge < -0.3 is 9.73 Å². The van der Waals surface area contributed by atoms with Gasteiger partial charge in [-0.1, -0.05) is 6.92 Å². The summed E-state index contributed by atoms with van der Waals surface area (Å²) in [7, 11) is 0. The number of nitrogens with one attached hydrogen (secondary N) is 3. The van der Waals surface area contributed by atoms with E-state index in [4.69, 9.17) is 4.42 Å². The summed E-state index contributed by atoms with van der Waals surface area (Å²) in [4.78, 5) is 35.2. The van der Waals surface area contributed by atoms with Gasteiger partial charge in [-0.15, -0.1) is 0 Å². The maximum Gasteiger partial charge on any atom is 0.269 e. The van der Waals surface area contributed by atoms with Crippen molar-refractivity contribution >= 4 is 29.5 Å². The molecule has 26 heavy (non-hydrogen) atoms. The van der Waals surface area contributed by atoms with E-state index in [0.29, 0.717) is 23.4 Å². The van der Waals surface area contributed by atoms with E-state index in [1.807, 2.05) is 6.92 Å². The SMILES string of the molecule is CCCC(=O)Nc1ccc(C(=O)NNC(=O)/C=C/c2ccc(C)o2)cc1. The van der Waals surface area contributed by atoms with E-state index >= 15 is 0 Å². The van der Waals surface area contributed by atoms with Gasteiger partial charge >= 0.3 is 0 Å². The van der Waals surface area contributed by atoms with Gasteiger partial charge in [-0.3, -0.25) is 25.2 Å². The molecule has 136 valence electrons. The van der Waals surface area contributed by atoms with Crippen LogP contribution in [0.2, 0.25) is 0 Å². The lowest BCUT2D eigenvalue weighted by Crippen LogP contribution is -2.40. The number of carbonyl (C=O) groups is 3. The van der Waals surface area contributed by atoms with Crippen molar-refractivity contribution in [2.45, 2.75) is 26.7 Å². The number of hydrogen-bond acceptors (Lipinski definition) is 4. The molecule has 0 saturated carbocycles. The van der Waals surface area contributed by atoms with E-state index in [2.05, 4.69) is 16.2 Å². The third-order valence-electron chi connectivity index (χ3n) is 3.37. The Hall–Kier alpha value is -3.35. The van der Waals surface area contributed by atoms with E-state index in [0.717, 1.165) is 12.2 Å². The Morgan fingerprint density at radius 2 is 1.77 bits per heavy atom. The standard InChI is InChI=1S/C19H21N3O4/c1-3-4-17(23)20-15-8-6-14(7-9-15)19(25)22-21-18(24)12-11-16-10-5-13(2)26-16/h5-12H,3-4H2,1-2H3,(H,20,23)(H,21,24)(H,22,25)/b12-11+. The largest absolute Gasteiger partial charge is 0.462 e. The Morgan fingerprint density at radius 3 is 2.38 bits per heavy atom. The molecule has 0 aliphatic carbocycles. The number of benzene rings is 1. The Morgan fingerprint density at radius 1 is 1.04 bits per heavy atom. The van der Waals surface area contributed by atoms with Crippen LogP contribution in [0, 0.1) is 6.92 Å². The first kappa shape index (κ1) is 19.0. The Labute approximate surface area is 151 Å². The molecule has 3 N–H and O–H groups in total. The first-order valence-electron chi connectivity index (χ1n) is 8.22. The highest BCUT2D eigenvalue weighted by molar-refractivity contribution is 5.98. The summed E-state index contributed by atoms with van der Waals surface area (Å²) in [5.74, 6) is 0.260. The zero-order valence-corrected chi connectivity index (χ0v) is 14.7. The number of furan rings is 1. The van der Waals surface area contributed by atoms with Gasteiger partial charge in [0.15, 0.2) is 0 Å². The summed E-state index contributed by atoms with van der Waals surface area (Å²) in [5.41, 5.74) is 5.56. The van der Waals surface area contributed by atoms with Crippen LogP contribution in [0.15, 0.2) is 46.9 Å². The van der Waals surface area contributed by atoms with Crippen molar-refractivity contribution in [3.63, 3.8) is 0 Å². The molecule has 7 heteroatoms. The molecule has 0 fully saturated rings. The van der Waals surface area contributed by atoms with Gasteiger partial charge in [0, 0.05) is 23.7 Å². The van der Waals surface area contributed by atoms with Gasteiger partial charge in [-0.2, -0.15) is 0 Å². The molecule has 0 aliphatic rings. The van der Waals surface area contributed by atoms with E-state index in [-0.39, 0.29) is 5.91 Å². The molecule has 0 atom stereocenters. The molecule has 2 rings (SSSR count). The highest BCUT2D eigenvalue weighted by atomic mass is 16.3. The van der Waals surface area contributed by atoms with Crippen LogP contribution in [0.5, 0.6) is 0 Å². The number of hydrazine groups is 1. The number of rotatable bonds is 6. The molecular weight excluding hydrogens is 334 g/mol. The number of aryl methyl sites for hydroxylation is 1. The van der Waals surface area contributed by atoms with Gasteiger partial charge in [0.25, 0.3) is 11.8 Å². The van der Waals surface area contributed by atoms with Crippen molar-refractivity contribution < 1.29 is 18.8 Å². The number of anilines is 1. The summed E-state index contributed by atoms with van der Waals surface area (Å²) < 4.78 is 5.30. The normalized spacial score (nSPS) is 10.5. The molecule has 1 aromatic heterocycles. The smallest absolute Gasteiger partial charge is 0.269 e. The second-order valence-electron chi connectivity index (χ2n) is 5.60. The van der Waals surface area contributed by atoms with Crippen LogP contribution < -0.4 is 16.2 Å². The fourth-order valence-electron chi connectivity index (χ4n) is 2.09. The molecule has 0 unspecified atom stereocenters. The van der Waals surface area contributed by atoms with Gasteiger partial charge in [0.05, 0.1) is 0 Å². The first-order valence-corrected chi connectivity index (χ1v) is 8.22. The molecule has 0 bridgehead atoms. The fourth-order valence-corrected chi connectivity index (χ4v) is 2.09. The summed E-state index contributed by atoms with van der Waals surface area (Å²) in [6, 6.07) is 9.90. The van der Waals surface area contributed by atoms with Gasteiger partial charge in [-0.05, 0) is 55.8 Å². The quantitative estimate of drug-likeness (QED) is 0.548. The van der Waals surface area contributed by atoms with Crippen LogP contribution >= 0.6 is 0 Å². The zero-order valence-electron chi connectivity index (χ0n) is 14.7. The maximum absolute atomic E-state index is 12.0. The summed E-state index contributed by atoms with van der Waals surface area (Å²) in [6.07, 6.45) is 3.96. The second kappa shape index (κ2) is 9.22. The molecule has 3 amide bonds. The summed E-state index contributed by atoms with van der Waals surface area (Å²) >= 11 is 0. The fraction of sp³-hybridized carbons (Fsp3) is 0.211. The van der Waals surface area contributed by atoms with Crippen LogP contribution in [-0.2, 0) is 9.59 Å². The Balaban J connectivity index is 1.82. The zero-order chi connectivity index (χ0) is 18.9. The Kier molecular flexibility index (Phi) is 6.73. The first-order chi connectivity index (χ1) is 12.5. The highest BCUT2D eigenvalue weighted by Gasteiger charge is 2.07. The predicted octanol–water partition coefficient (Wildman–Crippen LogP) is 2.80. The van der Waals surface area contributed by atoms with Crippen molar-refractivity contribution in [1.82, 2.24) is 10.9 Å². The van der Waals surface area contributed by atoms with Crippen LogP contribution in [-0.4, -0.2) is 17.7 Å². The summed E-state index contributed by atoms with van der Waals surface area (Å²) in [5, 5.41) is 2.73. The van der Waals surface area contributed by atoms with Crippen LogP contribution in [0.1, 0.15) is 41.6 Å². The van der Waals surface area contributed by atoms with Crippen LogP contribution in [0.4, 0.5) is 5.69 Å². The average molecular weight is 355 g/mol. The predicted molar refractivity (Wildman–Crippen MR) is 98.1 cm³/mol.